The van der Waals surface area contributed by atoms with Crippen LogP contribution in [-0.2, 0) is 12.3 Å². The van der Waals surface area contributed by atoms with Gasteiger partial charge in [-0.1, -0.05) is 37.7 Å². The third kappa shape index (κ3) is 5.35. The number of tetrazole rings is 1. The molecule has 0 radical (unpaired) electrons. The van der Waals surface area contributed by atoms with Gasteiger partial charge in [0.1, 0.15) is 5.75 Å². The van der Waals surface area contributed by atoms with Crippen LogP contribution < -0.4 is 5.32 Å². The standard InChI is InChI=1S/C14H21N5OS/c1-11(2)9-15-7-8-19-14(16-17-18-19)21-10-12-3-5-13(20)6-4-12/h3-6,11,15,20H,7-10H2,1-2H3. The summed E-state index contributed by atoms with van der Waals surface area (Å²) < 4.78 is 1.82. The van der Waals surface area contributed by atoms with E-state index in [1.807, 2.05) is 16.8 Å². The molecule has 0 atom stereocenters. The lowest BCUT2D eigenvalue weighted by atomic mass is 10.2. The topological polar surface area (TPSA) is 75.9 Å². The molecule has 0 fully saturated rings. The molecule has 0 saturated carbocycles. The van der Waals surface area contributed by atoms with E-state index in [2.05, 4.69) is 34.7 Å². The summed E-state index contributed by atoms with van der Waals surface area (Å²) in [6, 6.07) is 7.19. The van der Waals surface area contributed by atoms with E-state index < -0.39 is 0 Å². The summed E-state index contributed by atoms with van der Waals surface area (Å²) in [5, 5.41) is 25.3. The van der Waals surface area contributed by atoms with Gasteiger partial charge in [0.2, 0.25) is 5.16 Å². The maximum atomic E-state index is 9.26. The van der Waals surface area contributed by atoms with Gasteiger partial charge in [-0.2, -0.15) is 0 Å². The van der Waals surface area contributed by atoms with Gasteiger partial charge in [-0.15, -0.1) is 5.10 Å². The average Bonchev–Trinajstić information content (AvgIpc) is 2.90. The molecule has 0 unspecified atom stereocenters. The van der Waals surface area contributed by atoms with Crippen LogP contribution in [0.5, 0.6) is 5.75 Å². The number of aromatic nitrogens is 4. The maximum Gasteiger partial charge on any atom is 0.209 e. The molecule has 2 rings (SSSR count). The Balaban J connectivity index is 1.81. The van der Waals surface area contributed by atoms with Gasteiger partial charge in [-0.05, 0) is 40.6 Å². The zero-order chi connectivity index (χ0) is 15.1. The maximum absolute atomic E-state index is 9.26. The van der Waals surface area contributed by atoms with Crippen molar-refractivity contribution in [2.24, 2.45) is 5.92 Å². The molecule has 1 heterocycles. The summed E-state index contributed by atoms with van der Waals surface area (Å²) in [6.45, 7) is 6.98. The summed E-state index contributed by atoms with van der Waals surface area (Å²) in [6.07, 6.45) is 0. The molecule has 0 spiro atoms. The molecule has 2 N–H and O–H groups in total. The molecule has 21 heavy (non-hydrogen) atoms. The second kappa shape index (κ2) is 7.99. The van der Waals surface area contributed by atoms with Crippen LogP contribution >= 0.6 is 11.8 Å². The number of rotatable bonds is 8. The summed E-state index contributed by atoms with van der Waals surface area (Å²) in [4.78, 5) is 0. The van der Waals surface area contributed by atoms with Crippen molar-refractivity contribution in [3.8, 4) is 5.75 Å². The van der Waals surface area contributed by atoms with Crippen LogP contribution in [0.2, 0.25) is 0 Å². The molecule has 0 saturated heterocycles. The number of aromatic hydroxyl groups is 1. The van der Waals surface area contributed by atoms with Crippen LogP contribution in [0, 0.1) is 5.92 Å². The molecular formula is C14H21N5OS. The molecule has 0 amide bonds. The highest BCUT2D eigenvalue weighted by molar-refractivity contribution is 7.98. The van der Waals surface area contributed by atoms with Gasteiger partial charge in [0.05, 0.1) is 6.54 Å². The quantitative estimate of drug-likeness (QED) is 0.573. The normalized spacial score (nSPS) is 11.2. The lowest BCUT2D eigenvalue weighted by molar-refractivity contribution is 0.475. The summed E-state index contributed by atoms with van der Waals surface area (Å²) in [5.41, 5.74) is 1.13. The van der Waals surface area contributed by atoms with Crippen LogP contribution in [0.15, 0.2) is 29.4 Å². The Kier molecular flexibility index (Phi) is 6.01. The van der Waals surface area contributed by atoms with Crippen molar-refractivity contribution in [3.63, 3.8) is 0 Å². The van der Waals surface area contributed by atoms with Crippen molar-refractivity contribution >= 4 is 11.8 Å². The largest absolute Gasteiger partial charge is 0.508 e. The van der Waals surface area contributed by atoms with E-state index in [-0.39, 0.29) is 5.75 Å². The number of benzene rings is 1. The van der Waals surface area contributed by atoms with Crippen molar-refractivity contribution in [1.82, 2.24) is 25.5 Å². The third-order valence-electron chi connectivity index (χ3n) is 2.86. The van der Waals surface area contributed by atoms with E-state index in [9.17, 15) is 5.11 Å². The first kappa shape index (κ1) is 15.8. The molecule has 0 aliphatic rings. The Morgan fingerprint density at radius 3 is 2.76 bits per heavy atom. The first-order valence-electron chi connectivity index (χ1n) is 7.02. The number of phenolic OH excluding ortho intramolecular Hbond substituents is 1. The van der Waals surface area contributed by atoms with Crippen LogP contribution in [0.25, 0.3) is 0 Å². The molecule has 2 aromatic rings. The van der Waals surface area contributed by atoms with E-state index >= 15 is 0 Å². The zero-order valence-electron chi connectivity index (χ0n) is 12.4. The highest BCUT2D eigenvalue weighted by atomic mass is 32.2. The van der Waals surface area contributed by atoms with Crippen molar-refractivity contribution in [3.05, 3.63) is 29.8 Å². The number of nitrogens with one attached hydrogen (secondary N) is 1. The zero-order valence-corrected chi connectivity index (χ0v) is 13.2. The Bertz CT molecular complexity index is 541. The van der Waals surface area contributed by atoms with E-state index in [0.29, 0.717) is 5.92 Å². The lowest BCUT2D eigenvalue weighted by Crippen LogP contribution is -2.24. The fourth-order valence-corrected chi connectivity index (χ4v) is 2.62. The Morgan fingerprint density at radius 2 is 2.05 bits per heavy atom. The smallest absolute Gasteiger partial charge is 0.209 e. The molecule has 0 bridgehead atoms. The molecule has 0 aliphatic heterocycles. The molecule has 1 aromatic carbocycles. The van der Waals surface area contributed by atoms with Crippen molar-refractivity contribution < 1.29 is 5.11 Å². The Morgan fingerprint density at radius 1 is 1.29 bits per heavy atom. The minimum absolute atomic E-state index is 0.282. The fourth-order valence-electron chi connectivity index (χ4n) is 1.76. The molecule has 0 aliphatic carbocycles. The van der Waals surface area contributed by atoms with Gasteiger partial charge in [-0.25, -0.2) is 4.68 Å². The van der Waals surface area contributed by atoms with E-state index in [1.165, 1.54) is 0 Å². The molecule has 6 nitrogen and oxygen atoms in total. The summed E-state index contributed by atoms with van der Waals surface area (Å²) in [7, 11) is 0. The molecule has 7 heteroatoms. The van der Waals surface area contributed by atoms with E-state index in [0.717, 1.165) is 36.1 Å². The minimum atomic E-state index is 0.282. The van der Waals surface area contributed by atoms with Gasteiger partial charge >= 0.3 is 0 Å². The number of hydrogen-bond donors (Lipinski definition) is 2. The van der Waals surface area contributed by atoms with Crippen LogP contribution in [-0.4, -0.2) is 38.4 Å². The number of nitrogens with zero attached hydrogens (tertiary/aromatic N) is 4. The van der Waals surface area contributed by atoms with Crippen molar-refractivity contribution in [2.45, 2.75) is 31.3 Å². The number of phenols is 1. The number of thioether (sulfide) groups is 1. The van der Waals surface area contributed by atoms with Crippen LogP contribution in [0.3, 0.4) is 0 Å². The van der Waals surface area contributed by atoms with E-state index in [1.54, 1.807) is 23.9 Å². The predicted molar refractivity (Wildman–Crippen MR) is 83.2 cm³/mol. The first-order chi connectivity index (χ1) is 10.1. The summed E-state index contributed by atoms with van der Waals surface area (Å²) >= 11 is 1.59. The predicted octanol–water partition coefficient (Wildman–Crippen LogP) is 1.92. The second-order valence-electron chi connectivity index (χ2n) is 5.24. The minimum Gasteiger partial charge on any atom is -0.508 e. The monoisotopic (exact) mass is 307 g/mol. The van der Waals surface area contributed by atoms with Gasteiger partial charge in [0.25, 0.3) is 0 Å². The SMILES string of the molecule is CC(C)CNCCn1nnnc1SCc1ccc(O)cc1. The highest BCUT2D eigenvalue weighted by Gasteiger charge is 2.07. The Labute approximate surface area is 128 Å². The lowest BCUT2D eigenvalue weighted by Gasteiger charge is -2.08. The van der Waals surface area contributed by atoms with Gasteiger partial charge in [0.15, 0.2) is 0 Å². The van der Waals surface area contributed by atoms with E-state index in [4.69, 9.17) is 0 Å². The first-order valence-corrected chi connectivity index (χ1v) is 8.01. The Hall–Kier alpha value is -1.60. The molecule has 114 valence electrons. The highest BCUT2D eigenvalue weighted by Crippen LogP contribution is 2.21. The van der Waals surface area contributed by atoms with Crippen LogP contribution in [0.4, 0.5) is 0 Å². The number of hydrogen-bond acceptors (Lipinski definition) is 6. The van der Waals surface area contributed by atoms with Crippen molar-refractivity contribution in [1.29, 1.82) is 0 Å². The molecular weight excluding hydrogens is 286 g/mol. The average molecular weight is 307 g/mol. The van der Waals surface area contributed by atoms with Gasteiger partial charge < -0.3 is 10.4 Å². The summed E-state index contributed by atoms with van der Waals surface area (Å²) in [5.74, 6) is 1.70. The van der Waals surface area contributed by atoms with Crippen LogP contribution in [0.1, 0.15) is 19.4 Å². The van der Waals surface area contributed by atoms with Crippen molar-refractivity contribution in [2.75, 3.05) is 13.1 Å². The molecule has 1 aromatic heterocycles. The third-order valence-corrected chi connectivity index (χ3v) is 3.88. The fraction of sp³-hybridized carbons (Fsp3) is 0.500. The second-order valence-corrected chi connectivity index (χ2v) is 6.18. The van der Waals surface area contributed by atoms with Gasteiger partial charge in [-0.3, -0.25) is 0 Å². The van der Waals surface area contributed by atoms with Gasteiger partial charge in [0, 0.05) is 12.3 Å².